The maximum atomic E-state index is 12.8. The molecule has 4 heteroatoms. The van der Waals surface area contributed by atoms with Crippen LogP contribution in [-0.2, 0) is 14.4 Å². The Balaban J connectivity index is 3.30. The molecule has 0 heterocycles. The smallest absolute Gasteiger partial charge is 0.172 e. The van der Waals surface area contributed by atoms with Crippen molar-refractivity contribution >= 4 is 17.3 Å². The Morgan fingerprint density at radius 1 is 1.19 bits per heavy atom. The number of allylic oxidation sites excluding steroid dienone is 5. The van der Waals surface area contributed by atoms with Gasteiger partial charge in [0.05, 0.1) is 5.57 Å². The maximum Gasteiger partial charge on any atom is 0.172 e. The highest BCUT2D eigenvalue weighted by molar-refractivity contribution is 6.21. The monoisotopic (exact) mass is 360 g/mol. The van der Waals surface area contributed by atoms with E-state index >= 15 is 0 Å². The topological polar surface area (TPSA) is 71.4 Å². The fourth-order valence-corrected chi connectivity index (χ4v) is 3.03. The molecule has 0 saturated carbocycles. The van der Waals surface area contributed by atoms with Crippen LogP contribution in [0.15, 0.2) is 34.9 Å². The van der Waals surface area contributed by atoms with E-state index in [1.165, 1.54) is 6.08 Å². The first kappa shape index (κ1) is 22.2. The van der Waals surface area contributed by atoms with E-state index in [1.54, 1.807) is 6.08 Å². The van der Waals surface area contributed by atoms with Crippen molar-refractivity contribution in [3.63, 3.8) is 0 Å². The first-order chi connectivity index (χ1) is 12.0. The zero-order valence-corrected chi connectivity index (χ0v) is 16.9. The molecule has 0 aromatic carbocycles. The number of hydrogen-bond donors (Lipinski definition) is 1. The van der Waals surface area contributed by atoms with Crippen molar-refractivity contribution in [2.45, 2.75) is 72.8 Å². The third-order valence-electron chi connectivity index (χ3n) is 4.57. The van der Waals surface area contributed by atoms with Gasteiger partial charge in [-0.3, -0.25) is 14.4 Å². The van der Waals surface area contributed by atoms with Gasteiger partial charge in [-0.05, 0) is 46.1 Å². The van der Waals surface area contributed by atoms with Crippen molar-refractivity contribution in [2.24, 2.45) is 11.8 Å². The molecule has 4 nitrogen and oxygen atoms in total. The second kappa shape index (κ2) is 9.22. The van der Waals surface area contributed by atoms with E-state index in [9.17, 15) is 19.5 Å². The average molecular weight is 360 g/mol. The molecule has 0 bridgehead atoms. The van der Waals surface area contributed by atoms with Gasteiger partial charge in [0.2, 0.25) is 0 Å². The summed E-state index contributed by atoms with van der Waals surface area (Å²) in [5.74, 6) is -1.37. The van der Waals surface area contributed by atoms with Crippen molar-refractivity contribution in [1.82, 2.24) is 0 Å². The summed E-state index contributed by atoms with van der Waals surface area (Å²) < 4.78 is 0. The van der Waals surface area contributed by atoms with Crippen LogP contribution in [0.25, 0.3) is 0 Å². The minimum absolute atomic E-state index is 0.0104. The summed E-state index contributed by atoms with van der Waals surface area (Å²) in [5, 5.41) is 11.2. The molecular weight excluding hydrogens is 328 g/mol. The molecule has 26 heavy (non-hydrogen) atoms. The molecule has 1 aliphatic rings. The second-order valence-corrected chi connectivity index (χ2v) is 8.15. The minimum atomic E-state index is -1.78. The van der Waals surface area contributed by atoms with Crippen LogP contribution in [0.1, 0.15) is 67.2 Å². The molecule has 1 N–H and O–H groups in total. The molecule has 0 aromatic heterocycles. The highest BCUT2D eigenvalue weighted by Crippen LogP contribution is 2.36. The number of ketones is 3. The van der Waals surface area contributed by atoms with Crippen molar-refractivity contribution in [3.8, 4) is 0 Å². The van der Waals surface area contributed by atoms with Gasteiger partial charge in [0, 0.05) is 25.2 Å². The van der Waals surface area contributed by atoms with Gasteiger partial charge in [-0.25, -0.2) is 0 Å². The molecule has 0 fully saturated rings. The fourth-order valence-electron chi connectivity index (χ4n) is 3.03. The van der Waals surface area contributed by atoms with Crippen LogP contribution < -0.4 is 0 Å². The quantitative estimate of drug-likeness (QED) is 0.522. The Kier molecular flexibility index (Phi) is 7.88. The van der Waals surface area contributed by atoms with Gasteiger partial charge in [-0.15, -0.1) is 0 Å². The van der Waals surface area contributed by atoms with Crippen molar-refractivity contribution < 1.29 is 19.5 Å². The molecule has 0 amide bonds. The van der Waals surface area contributed by atoms with Gasteiger partial charge in [-0.1, -0.05) is 37.1 Å². The molecule has 1 rings (SSSR count). The Morgan fingerprint density at radius 2 is 1.77 bits per heavy atom. The van der Waals surface area contributed by atoms with E-state index < -0.39 is 11.5 Å². The Bertz CT molecular complexity index is 656. The number of hydrogen-bond acceptors (Lipinski definition) is 4. The SMILES string of the molecule is CC(C)=CCC(=O)[C@@]1(O)C=C(C(=O)CC(C)C)C(=O)CC1CC=C(C)C. The molecule has 0 radical (unpaired) electrons. The molecular formula is C22H32O4. The van der Waals surface area contributed by atoms with E-state index in [2.05, 4.69) is 0 Å². The normalized spacial score (nSPS) is 22.7. The standard InChI is InChI=1S/C22H32O4/c1-14(2)7-9-17-12-20(24)18(19(23)11-16(5)6)13-22(17,26)21(25)10-8-15(3)4/h7-8,13,16-17,26H,9-12H2,1-6H3/t17?,22-/m1/s1. The Labute approximate surface area is 157 Å². The predicted molar refractivity (Wildman–Crippen MR) is 104 cm³/mol. The van der Waals surface area contributed by atoms with Gasteiger partial charge in [0.25, 0.3) is 0 Å². The van der Waals surface area contributed by atoms with Gasteiger partial charge in [0.15, 0.2) is 17.3 Å². The van der Waals surface area contributed by atoms with E-state index in [4.69, 9.17) is 0 Å². The van der Waals surface area contributed by atoms with E-state index in [0.29, 0.717) is 6.42 Å². The zero-order valence-electron chi connectivity index (χ0n) is 16.9. The minimum Gasteiger partial charge on any atom is -0.378 e. The van der Waals surface area contributed by atoms with E-state index in [-0.39, 0.29) is 48.1 Å². The van der Waals surface area contributed by atoms with Crippen LogP contribution in [-0.4, -0.2) is 28.1 Å². The van der Waals surface area contributed by atoms with E-state index in [1.807, 2.05) is 47.6 Å². The van der Waals surface area contributed by atoms with Crippen molar-refractivity contribution in [2.75, 3.05) is 0 Å². The largest absolute Gasteiger partial charge is 0.378 e. The summed E-state index contributed by atoms with van der Waals surface area (Å²) in [5.41, 5.74) is 0.241. The number of rotatable bonds is 8. The molecule has 0 aromatic rings. The molecule has 0 spiro atoms. The van der Waals surface area contributed by atoms with Crippen molar-refractivity contribution in [3.05, 3.63) is 34.9 Å². The lowest BCUT2D eigenvalue weighted by Crippen LogP contribution is -2.48. The molecule has 1 aliphatic carbocycles. The lowest BCUT2D eigenvalue weighted by Gasteiger charge is -2.35. The summed E-state index contributed by atoms with van der Waals surface area (Å²) in [7, 11) is 0. The van der Waals surface area contributed by atoms with Gasteiger partial charge in [0.1, 0.15) is 5.60 Å². The number of Topliss-reactive ketones (excluding diaryl/α,β-unsaturated/α-hetero) is 3. The molecule has 0 saturated heterocycles. The third kappa shape index (κ3) is 5.87. The highest BCUT2D eigenvalue weighted by Gasteiger charge is 2.46. The lowest BCUT2D eigenvalue weighted by molar-refractivity contribution is -0.139. The predicted octanol–water partition coefficient (Wildman–Crippen LogP) is 4.13. The number of carbonyl (C=O) groups is 3. The van der Waals surface area contributed by atoms with E-state index in [0.717, 1.165) is 11.1 Å². The first-order valence-electron chi connectivity index (χ1n) is 9.29. The third-order valence-corrected chi connectivity index (χ3v) is 4.57. The zero-order chi connectivity index (χ0) is 20.1. The van der Waals surface area contributed by atoms with Crippen LogP contribution in [0.4, 0.5) is 0 Å². The number of aliphatic hydroxyl groups is 1. The summed E-state index contributed by atoms with van der Waals surface area (Å²) in [6, 6.07) is 0. The van der Waals surface area contributed by atoms with Crippen LogP contribution in [0.2, 0.25) is 0 Å². The summed E-state index contributed by atoms with van der Waals surface area (Å²) >= 11 is 0. The lowest BCUT2D eigenvalue weighted by atomic mass is 9.70. The Hall–Kier alpha value is -1.81. The Morgan fingerprint density at radius 3 is 2.27 bits per heavy atom. The van der Waals surface area contributed by atoms with Crippen LogP contribution in [0.3, 0.4) is 0 Å². The number of carbonyl (C=O) groups excluding carboxylic acids is 3. The molecule has 144 valence electrons. The van der Waals surface area contributed by atoms with Gasteiger partial charge >= 0.3 is 0 Å². The maximum absolute atomic E-state index is 12.8. The summed E-state index contributed by atoms with van der Waals surface area (Å²) in [6.07, 6.45) is 5.68. The highest BCUT2D eigenvalue weighted by atomic mass is 16.3. The van der Waals surface area contributed by atoms with Gasteiger partial charge in [-0.2, -0.15) is 0 Å². The van der Waals surface area contributed by atoms with Crippen LogP contribution in [0.5, 0.6) is 0 Å². The molecule has 0 aliphatic heterocycles. The van der Waals surface area contributed by atoms with Crippen LogP contribution >= 0.6 is 0 Å². The van der Waals surface area contributed by atoms with Gasteiger partial charge < -0.3 is 5.11 Å². The van der Waals surface area contributed by atoms with Crippen LogP contribution in [0, 0.1) is 11.8 Å². The average Bonchev–Trinajstić information content (AvgIpc) is 2.51. The van der Waals surface area contributed by atoms with Crippen molar-refractivity contribution in [1.29, 1.82) is 0 Å². The fraction of sp³-hybridized carbons (Fsp3) is 0.591. The molecule has 1 unspecified atom stereocenters. The summed E-state index contributed by atoms with van der Waals surface area (Å²) in [4.78, 5) is 37.7. The summed E-state index contributed by atoms with van der Waals surface area (Å²) in [6.45, 7) is 11.4. The second-order valence-electron chi connectivity index (χ2n) is 8.15. The molecule has 2 atom stereocenters. The first-order valence-corrected chi connectivity index (χ1v) is 9.29.